The Labute approximate surface area is 74.9 Å². The predicted octanol–water partition coefficient (Wildman–Crippen LogP) is 0.328. The van der Waals surface area contributed by atoms with Crippen LogP contribution in [0, 0.1) is 0 Å². The molecule has 4 nitrogen and oxygen atoms in total. The van der Waals surface area contributed by atoms with Crippen LogP contribution in [0.15, 0.2) is 0 Å². The van der Waals surface area contributed by atoms with Gasteiger partial charge in [-0.15, -0.1) is 0 Å². The summed E-state index contributed by atoms with van der Waals surface area (Å²) in [5, 5.41) is -0.788. The third kappa shape index (κ3) is 2.27. The van der Waals surface area contributed by atoms with E-state index in [1.54, 1.807) is 0 Å². The number of hydrogen-bond donors (Lipinski definition) is 0. The first-order valence-electron chi connectivity index (χ1n) is 2.79. The van der Waals surface area contributed by atoms with E-state index in [-0.39, 0.29) is 0 Å². The van der Waals surface area contributed by atoms with Crippen molar-refractivity contribution in [3.05, 3.63) is 0 Å². The van der Waals surface area contributed by atoms with Gasteiger partial charge in [0.15, 0.2) is 0 Å². The minimum atomic E-state index is -5.47. The molecule has 1 saturated heterocycles. The molecule has 1 rings (SSSR count). The third-order valence-electron chi connectivity index (χ3n) is 1.05. The van der Waals surface area contributed by atoms with Gasteiger partial charge >= 0.3 is 12.9 Å². The molecule has 0 aromatic heterocycles. The Kier molecular flexibility index (Phi) is 2.81. The lowest BCUT2D eigenvalue weighted by Crippen LogP contribution is -2.56. The molecule has 0 spiro atoms. The van der Waals surface area contributed by atoms with Crippen LogP contribution in [0.25, 0.3) is 0 Å². The zero-order valence-corrected chi connectivity index (χ0v) is 7.38. The summed E-state index contributed by atoms with van der Waals surface area (Å²) in [6, 6.07) is 0. The molecule has 11 heteroatoms. The second-order valence-corrected chi connectivity index (χ2v) is 4.62. The van der Waals surface area contributed by atoms with Gasteiger partial charge in [0, 0.05) is 0 Å². The summed E-state index contributed by atoms with van der Waals surface area (Å²) in [6.45, 7) is -5.23. The Morgan fingerprint density at radius 1 is 1.15 bits per heavy atom. The molecule has 2 unspecified atom stereocenters. The largest absolute Gasteiger partial charge is 0.542 e. The molecule has 0 saturated carbocycles. The molecule has 0 N–H and O–H groups in total. The molecule has 1 heterocycles. The van der Waals surface area contributed by atoms with E-state index in [1.165, 1.54) is 0 Å². The Morgan fingerprint density at radius 3 is 1.85 bits per heavy atom. The summed E-state index contributed by atoms with van der Waals surface area (Å²) in [5.74, 6) is 0. The van der Waals surface area contributed by atoms with Gasteiger partial charge < -0.3 is 12.5 Å². The van der Waals surface area contributed by atoms with Crippen LogP contribution < -0.4 is 0 Å². The highest BCUT2D eigenvalue weighted by Gasteiger charge is 2.59. The van der Waals surface area contributed by atoms with E-state index < -0.39 is 40.2 Å². The zero-order chi connectivity index (χ0) is 10.3. The van der Waals surface area contributed by atoms with Gasteiger partial charge in [-0.1, -0.05) is 0 Å². The van der Waals surface area contributed by atoms with Crippen molar-refractivity contribution < 1.29 is 34.1 Å². The van der Waals surface area contributed by atoms with Crippen LogP contribution in [0.3, 0.4) is 0 Å². The normalized spacial score (nSPS) is 41.8. The molecular weight excluding hydrogens is 239 g/mol. The van der Waals surface area contributed by atoms with E-state index in [0.29, 0.717) is 0 Å². The van der Waals surface area contributed by atoms with E-state index in [4.69, 9.17) is 0 Å². The molecule has 2 atom stereocenters. The summed E-state index contributed by atoms with van der Waals surface area (Å²) in [6.07, 6.45) is -5.47. The van der Waals surface area contributed by atoms with E-state index >= 15 is 0 Å². The third-order valence-corrected chi connectivity index (χ3v) is 3.51. The molecular formula is C2H2BF4O4S2-. The Bertz CT molecular complexity index is 249. The summed E-state index contributed by atoms with van der Waals surface area (Å²) in [5.41, 5.74) is 0. The lowest BCUT2D eigenvalue weighted by Gasteiger charge is -2.36. The van der Waals surface area contributed by atoms with Crippen LogP contribution >= 0.6 is 0 Å². The molecule has 0 aromatic carbocycles. The lowest BCUT2D eigenvalue weighted by molar-refractivity contribution is -0.0926. The van der Waals surface area contributed by atoms with Crippen molar-refractivity contribution in [2.24, 2.45) is 0 Å². The van der Waals surface area contributed by atoms with Crippen LogP contribution in [0.4, 0.5) is 17.5 Å². The average Bonchev–Trinajstić information content (AvgIpc) is 1.79. The maximum Gasteiger partial charge on any atom is 0.542 e. The van der Waals surface area contributed by atoms with Crippen molar-refractivity contribution in [1.29, 1.82) is 0 Å². The van der Waals surface area contributed by atoms with Gasteiger partial charge in [0.1, 0.15) is 27.2 Å². The molecule has 0 radical (unpaired) electrons. The van der Waals surface area contributed by atoms with E-state index in [9.17, 15) is 25.9 Å². The summed E-state index contributed by atoms with van der Waals surface area (Å²) in [4.78, 5) is 0. The zero-order valence-electron chi connectivity index (χ0n) is 5.75. The minimum Gasteiger partial charge on any atom is -0.449 e. The highest BCUT2D eigenvalue weighted by molar-refractivity contribution is 7.99. The van der Waals surface area contributed by atoms with Gasteiger partial charge in [-0.3, -0.25) is 0 Å². The molecule has 1 aliphatic heterocycles. The summed E-state index contributed by atoms with van der Waals surface area (Å²) in [7, 11) is 0. The standard InChI is InChI=1S/C2H2BF4O4S2/c4-2(5,6)3(7)10-12(8)1-13(9)11-3/h1H2/q-1. The number of rotatable bonds is 0. The molecule has 0 aliphatic carbocycles. The van der Waals surface area contributed by atoms with Gasteiger partial charge in [-0.2, -0.15) is 0 Å². The molecule has 0 aromatic rings. The first kappa shape index (κ1) is 11.1. The van der Waals surface area contributed by atoms with Crippen LogP contribution in [-0.2, 0) is 30.4 Å². The first-order chi connectivity index (χ1) is 5.74. The Balaban J connectivity index is 2.91. The molecule has 13 heavy (non-hydrogen) atoms. The number of hydrogen-bond acceptors (Lipinski definition) is 4. The van der Waals surface area contributed by atoms with Gasteiger partial charge in [-0.05, 0) is 0 Å². The van der Waals surface area contributed by atoms with E-state index in [0.717, 1.165) is 0 Å². The van der Waals surface area contributed by atoms with Crippen molar-refractivity contribution in [3.63, 3.8) is 0 Å². The van der Waals surface area contributed by atoms with Gasteiger partial charge in [0.25, 0.3) is 0 Å². The predicted molar refractivity (Wildman–Crippen MR) is 36.2 cm³/mol. The first-order valence-corrected chi connectivity index (χ1v) is 5.28. The van der Waals surface area contributed by atoms with Gasteiger partial charge in [0.2, 0.25) is 0 Å². The van der Waals surface area contributed by atoms with Crippen molar-refractivity contribution in [2.45, 2.75) is 6.08 Å². The number of alkyl halides is 3. The maximum atomic E-state index is 12.7. The molecule has 0 amide bonds. The highest BCUT2D eigenvalue weighted by Crippen LogP contribution is 2.35. The average molecular weight is 241 g/mol. The van der Waals surface area contributed by atoms with Crippen LogP contribution in [0.2, 0.25) is 0 Å². The van der Waals surface area contributed by atoms with Gasteiger partial charge in [0.05, 0.1) is 0 Å². The molecule has 0 bridgehead atoms. The van der Waals surface area contributed by atoms with Crippen molar-refractivity contribution in [2.75, 3.05) is 5.08 Å². The summed E-state index contributed by atoms with van der Waals surface area (Å²) < 4.78 is 75.8. The second kappa shape index (κ2) is 3.30. The highest BCUT2D eigenvalue weighted by atomic mass is 32.3. The number of halogens is 4. The Morgan fingerprint density at radius 2 is 1.54 bits per heavy atom. The van der Waals surface area contributed by atoms with Crippen molar-refractivity contribution >= 4 is 29.0 Å². The monoisotopic (exact) mass is 241 g/mol. The fourth-order valence-electron chi connectivity index (χ4n) is 0.535. The molecule has 1 fully saturated rings. The minimum absolute atomic E-state index is 0.788. The fraction of sp³-hybridized carbons (Fsp3) is 1.00. The van der Waals surface area contributed by atoms with E-state index in [2.05, 4.69) is 8.20 Å². The van der Waals surface area contributed by atoms with Crippen molar-refractivity contribution in [1.82, 2.24) is 0 Å². The van der Waals surface area contributed by atoms with Crippen LogP contribution in [0.5, 0.6) is 0 Å². The van der Waals surface area contributed by atoms with Gasteiger partial charge in [-0.25, -0.2) is 21.6 Å². The SMILES string of the molecule is O=S1CS(=O)O[B-](F)(C(F)(F)F)O1. The second-order valence-electron chi connectivity index (χ2n) is 2.08. The smallest absolute Gasteiger partial charge is 0.449 e. The van der Waals surface area contributed by atoms with Crippen molar-refractivity contribution in [3.8, 4) is 0 Å². The van der Waals surface area contributed by atoms with Crippen LogP contribution in [-0.4, -0.2) is 26.4 Å². The Hall–Kier alpha value is 0.00494. The summed E-state index contributed by atoms with van der Waals surface area (Å²) >= 11 is -5.16. The lowest BCUT2D eigenvalue weighted by atomic mass is 9.84. The fourth-order valence-corrected chi connectivity index (χ4v) is 2.51. The topological polar surface area (TPSA) is 52.6 Å². The quantitative estimate of drug-likeness (QED) is 0.453. The van der Waals surface area contributed by atoms with Crippen LogP contribution in [0.1, 0.15) is 0 Å². The van der Waals surface area contributed by atoms with E-state index in [1.807, 2.05) is 0 Å². The maximum absolute atomic E-state index is 12.7. The molecule has 1 aliphatic rings. The molecule has 78 valence electrons.